The van der Waals surface area contributed by atoms with E-state index in [-0.39, 0.29) is 0 Å². The van der Waals surface area contributed by atoms with E-state index in [9.17, 15) is 0 Å². The lowest BCUT2D eigenvalue weighted by Crippen LogP contribution is -2.13. The van der Waals surface area contributed by atoms with Crippen molar-refractivity contribution in [1.82, 2.24) is 14.4 Å². The molecule has 0 radical (unpaired) electrons. The second-order valence-electron chi connectivity index (χ2n) is 5.16. The minimum Gasteiger partial charge on any atom is -0.301 e. The SMILES string of the molecule is c1ccc(C2CCc3nc4cnccn4c3C2)cc1. The lowest BCUT2D eigenvalue weighted by atomic mass is 9.84. The zero-order chi connectivity index (χ0) is 12.7. The molecule has 1 aromatic carbocycles. The smallest absolute Gasteiger partial charge is 0.155 e. The first-order valence-electron chi connectivity index (χ1n) is 6.76. The maximum atomic E-state index is 4.68. The topological polar surface area (TPSA) is 30.2 Å². The molecule has 0 N–H and O–H groups in total. The molecule has 0 aliphatic heterocycles. The van der Waals surface area contributed by atoms with Gasteiger partial charge in [-0.05, 0) is 30.7 Å². The minimum absolute atomic E-state index is 0.613. The molecule has 2 aromatic heterocycles. The third-order valence-corrected chi connectivity index (χ3v) is 4.05. The van der Waals surface area contributed by atoms with Gasteiger partial charge in [-0.3, -0.25) is 4.98 Å². The Balaban J connectivity index is 1.77. The first-order chi connectivity index (χ1) is 9.42. The van der Waals surface area contributed by atoms with Crippen LogP contribution in [0.2, 0.25) is 0 Å². The molecule has 4 rings (SSSR count). The number of nitrogens with zero attached hydrogens (tertiary/aromatic N) is 3. The zero-order valence-corrected chi connectivity index (χ0v) is 10.7. The molecule has 0 saturated heterocycles. The van der Waals surface area contributed by atoms with Gasteiger partial charge in [0.15, 0.2) is 5.65 Å². The van der Waals surface area contributed by atoms with E-state index in [1.54, 1.807) is 0 Å². The molecule has 0 amide bonds. The Morgan fingerprint density at radius 3 is 2.95 bits per heavy atom. The van der Waals surface area contributed by atoms with Crippen LogP contribution in [0, 0.1) is 0 Å². The highest BCUT2D eigenvalue weighted by atomic mass is 15.0. The lowest BCUT2D eigenvalue weighted by Gasteiger charge is -2.22. The average Bonchev–Trinajstić information content (AvgIpc) is 2.86. The summed E-state index contributed by atoms with van der Waals surface area (Å²) in [5, 5.41) is 0. The van der Waals surface area contributed by atoms with E-state index < -0.39 is 0 Å². The fourth-order valence-electron chi connectivity index (χ4n) is 3.08. The van der Waals surface area contributed by atoms with Gasteiger partial charge in [0, 0.05) is 18.1 Å². The molecule has 3 nitrogen and oxygen atoms in total. The summed E-state index contributed by atoms with van der Waals surface area (Å²) in [7, 11) is 0. The standard InChI is InChI=1S/C16H15N3/c1-2-4-12(5-3-1)13-6-7-14-15(10-13)19-9-8-17-11-16(19)18-14/h1-5,8-9,11,13H,6-7,10H2. The van der Waals surface area contributed by atoms with Crippen LogP contribution in [-0.4, -0.2) is 14.4 Å². The molecule has 94 valence electrons. The van der Waals surface area contributed by atoms with Crippen LogP contribution >= 0.6 is 0 Å². The number of hydrogen-bond donors (Lipinski definition) is 0. The zero-order valence-electron chi connectivity index (χ0n) is 10.7. The molecule has 0 fully saturated rings. The van der Waals surface area contributed by atoms with Crippen molar-refractivity contribution in [1.29, 1.82) is 0 Å². The van der Waals surface area contributed by atoms with E-state index >= 15 is 0 Å². The van der Waals surface area contributed by atoms with Gasteiger partial charge in [0.25, 0.3) is 0 Å². The van der Waals surface area contributed by atoms with Gasteiger partial charge < -0.3 is 4.40 Å². The van der Waals surface area contributed by atoms with Crippen molar-refractivity contribution in [3.05, 3.63) is 65.9 Å². The third kappa shape index (κ3) is 1.73. The summed E-state index contributed by atoms with van der Waals surface area (Å²) in [6, 6.07) is 10.8. The van der Waals surface area contributed by atoms with E-state index in [0.29, 0.717) is 5.92 Å². The molecule has 19 heavy (non-hydrogen) atoms. The minimum atomic E-state index is 0.613. The average molecular weight is 249 g/mol. The molecule has 1 unspecified atom stereocenters. The fourth-order valence-corrected chi connectivity index (χ4v) is 3.08. The Morgan fingerprint density at radius 2 is 2.05 bits per heavy atom. The summed E-state index contributed by atoms with van der Waals surface area (Å²) in [4.78, 5) is 8.83. The molecular weight excluding hydrogens is 234 g/mol. The summed E-state index contributed by atoms with van der Waals surface area (Å²) in [6.07, 6.45) is 9.03. The van der Waals surface area contributed by atoms with E-state index in [1.807, 2.05) is 18.6 Å². The van der Waals surface area contributed by atoms with Gasteiger partial charge in [-0.2, -0.15) is 0 Å². The summed E-state index contributed by atoms with van der Waals surface area (Å²) in [5.74, 6) is 0.613. The molecule has 3 aromatic rings. The Morgan fingerprint density at radius 1 is 1.16 bits per heavy atom. The van der Waals surface area contributed by atoms with Gasteiger partial charge in [-0.15, -0.1) is 0 Å². The van der Waals surface area contributed by atoms with Crippen molar-refractivity contribution < 1.29 is 0 Å². The van der Waals surface area contributed by atoms with Crippen LogP contribution in [0.4, 0.5) is 0 Å². The Kier molecular flexibility index (Phi) is 2.37. The van der Waals surface area contributed by atoms with Crippen LogP contribution < -0.4 is 0 Å². The molecule has 1 atom stereocenters. The van der Waals surface area contributed by atoms with Crippen LogP contribution in [0.1, 0.15) is 29.3 Å². The number of rotatable bonds is 1. The van der Waals surface area contributed by atoms with Gasteiger partial charge >= 0.3 is 0 Å². The predicted molar refractivity (Wildman–Crippen MR) is 74.2 cm³/mol. The number of imidazole rings is 1. The molecule has 0 bridgehead atoms. The highest BCUT2D eigenvalue weighted by Gasteiger charge is 2.24. The number of fused-ring (bicyclic) bond motifs is 3. The van der Waals surface area contributed by atoms with Crippen molar-refractivity contribution in [2.45, 2.75) is 25.2 Å². The Labute approximate surface area is 111 Å². The summed E-state index contributed by atoms with van der Waals surface area (Å²) >= 11 is 0. The molecular formula is C16H15N3. The largest absolute Gasteiger partial charge is 0.301 e. The lowest BCUT2D eigenvalue weighted by molar-refractivity contribution is 0.567. The third-order valence-electron chi connectivity index (χ3n) is 4.05. The van der Waals surface area contributed by atoms with Gasteiger partial charge in [0.1, 0.15) is 0 Å². The van der Waals surface area contributed by atoms with Crippen molar-refractivity contribution in [3.63, 3.8) is 0 Å². The monoisotopic (exact) mass is 249 g/mol. The van der Waals surface area contributed by atoms with E-state index in [0.717, 1.165) is 18.5 Å². The second kappa shape index (κ2) is 4.19. The summed E-state index contributed by atoms with van der Waals surface area (Å²) in [6.45, 7) is 0. The Bertz CT molecular complexity index is 715. The second-order valence-corrected chi connectivity index (χ2v) is 5.16. The molecule has 0 spiro atoms. The van der Waals surface area contributed by atoms with Gasteiger partial charge in [0.05, 0.1) is 11.9 Å². The number of aryl methyl sites for hydroxylation is 1. The van der Waals surface area contributed by atoms with Crippen molar-refractivity contribution in [2.24, 2.45) is 0 Å². The maximum absolute atomic E-state index is 4.68. The molecule has 3 heteroatoms. The van der Waals surface area contributed by atoms with Crippen molar-refractivity contribution in [3.8, 4) is 0 Å². The quantitative estimate of drug-likeness (QED) is 0.663. The number of benzene rings is 1. The number of aromatic nitrogens is 3. The molecule has 1 aliphatic rings. The summed E-state index contributed by atoms with van der Waals surface area (Å²) in [5.41, 5.74) is 5.02. The first-order valence-corrected chi connectivity index (χ1v) is 6.76. The highest BCUT2D eigenvalue weighted by molar-refractivity contribution is 5.42. The van der Waals surface area contributed by atoms with Crippen molar-refractivity contribution >= 4 is 5.65 Å². The normalized spacial score (nSPS) is 18.4. The van der Waals surface area contributed by atoms with E-state index in [4.69, 9.17) is 0 Å². The summed E-state index contributed by atoms with van der Waals surface area (Å²) < 4.78 is 2.19. The predicted octanol–water partition coefficient (Wildman–Crippen LogP) is 3.00. The first kappa shape index (κ1) is 10.7. The van der Waals surface area contributed by atoms with E-state index in [1.165, 1.54) is 23.4 Å². The Hall–Kier alpha value is -2.16. The van der Waals surface area contributed by atoms with Crippen LogP contribution in [0.15, 0.2) is 48.9 Å². The fraction of sp³-hybridized carbons (Fsp3) is 0.250. The van der Waals surface area contributed by atoms with Crippen LogP contribution in [0.25, 0.3) is 5.65 Å². The number of hydrogen-bond acceptors (Lipinski definition) is 2. The highest BCUT2D eigenvalue weighted by Crippen LogP contribution is 2.32. The van der Waals surface area contributed by atoms with E-state index in [2.05, 4.69) is 44.7 Å². The molecule has 0 saturated carbocycles. The molecule has 2 heterocycles. The van der Waals surface area contributed by atoms with Crippen LogP contribution in [-0.2, 0) is 12.8 Å². The van der Waals surface area contributed by atoms with Gasteiger partial charge in [-0.25, -0.2) is 4.98 Å². The molecule has 1 aliphatic carbocycles. The van der Waals surface area contributed by atoms with Gasteiger partial charge in [-0.1, -0.05) is 30.3 Å². The van der Waals surface area contributed by atoms with Crippen molar-refractivity contribution in [2.75, 3.05) is 0 Å². The maximum Gasteiger partial charge on any atom is 0.155 e. The van der Waals surface area contributed by atoms with Crippen LogP contribution in [0.3, 0.4) is 0 Å². The van der Waals surface area contributed by atoms with Crippen LogP contribution in [0.5, 0.6) is 0 Å². The van der Waals surface area contributed by atoms with Gasteiger partial charge in [0.2, 0.25) is 0 Å².